The number of hydrogen-bond acceptors (Lipinski definition) is 3. The predicted molar refractivity (Wildman–Crippen MR) is 57.6 cm³/mol. The van der Waals surface area contributed by atoms with Gasteiger partial charge in [-0.1, -0.05) is 20.3 Å². The molecule has 4 heteroatoms. The molecule has 0 spiro atoms. The van der Waals surface area contributed by atoms with Gasteiger partial charge >= 0.3 is 0 Å². The number of nitrogens with one attached hydrogen (secondary N) is 1. The first-order valence-electron chi connectivity index (χ1n) is 5.38. The van der Waals surface area contributed by atoms with Crippen LogP contribution in [0.3, 0.4) is 0 Å². The molecule has 3 unspecified atom stereocenters. The molecule has 0 bridgehead atoms. The molecule has 0 saturated carbocycles. The summed E-state index contributed by atoms with van der Waals surface area (Å²) in [5.74, 6) is -0.182. The normalized spacial score (nSPS) is 28.3. The maximum Gasteiger partial charge on any atom is 0.120 e. The van der Waals surface area contributed by atoms with Gasteiger partial charge in [0.1, 0.15) is 11.9 Å². The second-order valence-electron chi connectivity index (χ2n) is 4.05. The molecule has 0 aromatic rings. The zero-order valence-corrected chi connectivity index (χ0v) is 9.26. The number of nitriles is 1. The van der Waals surface area contributed by atoms with Crippen molar-refractivity contribution in [3.63, 3.8) is 0 Å². The van der Waals surface area contributed by atoms with Crippen molar-refractivity contribution in [1.82, 2.24) is 5.32 Å². The molecule has 0 amide bonds. The molecule has 1 heterocycles. The molecule has 0 aromatic heterocycles. The van der Waals surface area contributed by atoms with Gasteiger partial charge in [-0.05, 0) is 17.9 Å². The smallest absolute Gasteiger partial charge is 0.120 e. The van der Waals surface area contributed by atoms with Gasteiger partial charge in [0.2, 0.25) is 0 Å². The van der Waals surface area contributed by atoms with Crippen molar-refractivity contribution < 1.29 is 4.39 Å². The minimum Gasteiger partial charge on any atom is -0.322 e. The third-order valence-corrected chi connectivity index (χ3v) is 3.08. The van der Waals surface area contributed by atoms with Gasteiger partial charge in [-0.2, -0.15) is 5.26 Å². The fourth-order valence-electron chi connectivity index (χ4n) is 1.72. The summed E-state index contributed by atoms with van der Waals surface area (Å²) in [7, 11) is 0. The van der Waals surface area contributed by atoms with Crippen molar-refractivity contribution in [1.29, 1.82) is 5.26 Å². The summed E-state index contributed by atoms with van der Waals surface area (Å²) in [6, 6.07) is 0.987. The summed E-state index contributed by atoms with van der Waals surface area (Å²) in [5, 5.41) is 11.7. The summed E-state index contributed by atoms with van der Waals surface area (Å²) in [5.41, 5.74) is 6.34. The number of nitrogens with zero attached hydrogens (tertiary/aromatic N) is 1. The molecule has 3 nitrogen and oxygen atoms in total. The van der Waals surface area contributed by atoms with E-state index in [9.17, 15) is 4.39 Å². The highest BCUT2D eigenvalue weighted by atomic mass is 19.1. The van der Waals surface area contributed by atoms with Crippen LogP contribution in [-0.2, 0) is 0 Å². The molecule has 1 aliphatic heterocycles. The number of halogens is 1. The quantitative estimate of drug-likeness (QED) is 0.743. The van der Waals surface area contributed by atoms with Crippen molar-refractivity contribution in [2.45, 2.75) is 38.8 Å². The van der Waals surface area contributed by atoms with E-state index in [2.05, 4.69) is 5.32 Å². The molecule has 1 aliphatic rings. The predicted octanol–water partition coefficient (Wildman–Crippen LogP) is 1.47. The summed E-state index contributed by atoms with van der Waals surface area (Å²) in [6.45, 7) is 4.57. The summed E-state index contributed by atoms with van der Waals surface area (Å²) < 4.78 is 13.9. The second kappa shape index (κ2) is 5.24. The Kier molecular flexibility index (Phi) is 4.25. The maximum atomic E-state index is 13.9. The molecule has 3 atom stereocenters. The molecule has 15 heavy (non-hydrogen) atoms. The number of nitrogens with two attached hydrogens (primary N) is 1. The zero-order chi connectivity index (χ0) is 11.4. The Hall–Kier alpha value is -0.920. The van der Waals surface area contributed by atoms with Crippen LogP contribution >= 0.6 is 0 Å². The Bertz CT molecular complexity index is 293. The average Bonchev–Trinajstić information content (AvgIpc) is 2.73. The average molecular weight is 211 g/mol. The minimum atomic E-state index is -0.569. The van der Waals surface area contributed by atoms with E-state index in [1.807, 2.05) is 19.9 Å². The zero-order valence-electron chi connectivity index (χ0n) is 9.26. The van der Waals surface area contributed by atoms with Gasteiger partial charge in [-0.3, -0.25) is 5.32 Å². The Morgan fingerprint density at radius 2 is 2.47 bits per heavy atom. The van der Waals surface area contributed by atoms with Crippen LogP contribution in [0.4, 0.5) is 4.39 Å². The fourth-order valence-corrected chi connectivity index (χ4v) is 1.72. The van der Waals surface area contributed by atoms with Crippen LogP contribution < -0.4 is 11.1 Å². The topological polar surface area (TPSA) is 61.8 Å². The van der Waals surface area contributed by atoms with Crippen molar-refractivity contribution >= 4 is 0 Å². The Labute approximate surface area is 90.1 Å². The third kappa shape index (κ3) is 2.55. The van der Waals surface area contributed by atoms with E-state index in [1.165, 1.54) is 0 Å². The summed E-state index contributed by atoms with van der Waals surface area (Å²) >= 11 is 0. The van der Waals surface area contributed by atoms with Gasteiger partial charge in [-0.25, -0.2) is 4.39 Å². The molecule has 3 N–H and O–H groups in total. The highest BCUT2D eigenvalue weighted by molar-refractivity contribution is 5.28. The van der Waals surface area contributed by atoms with Crippen molar-refractivity contribution in [2.75, 3.05) is 6.54 Å². The van der Waals surface area contributed by atoms with Crippen LogP contribution in [0, 0.1) is 17.2 Å². The lowest BCUT2D eigenvalue weighted by Crippen LogP contribution is -2.31. The highest BCUT2D eigenvalue weighted by Crippen LogP contribution is 2.24. The highest BCUT2D eigenvalue weighted by Gasteiger charge is 2.27. The molecule has 84 valence electrons. The lowest BCUT2D eigenvalue weighted by atomic mass is 9.94. The third-order valence-electron chi connectivity index (χ3n) is 3.08. The van der Waals surface area contributed by atoms with E-state index in [-0.39, 0.29) is 11.7 Å². The van der Waals surface area contributed by atoms with Crippen molar-refractivity contribution in [3.8, 4) is 6.07 Å². The SMILES string of the molecule is CCC(C)C(N)/C(F)=C1\CCNC1C#N. The first-order valence-corrected chi connectivity index (χ1v) is 5.38. The van der Waals surface area contributed by atoms with Crippen LogP contribution in [-0.4, -0.2) is 18.6 Å². The van der Waals surface area contributed by atoms with Gasteiger partial charge in [-0.15, -0.1) is 0 Å². The lowest BCUT2D eigenvalue weighted by Gasteiger charge is -2.18. The van der Waals surface area contributed by atoms with Gasteiger partial charge in [0.15, 0.2) is 0 Å². The number of rotatable bonds is 3. The van der Waals surface area contributed by atoms with Gasteiger partial charge in [0, 0.05) is 6.54 Å². The maximum absolute atomic E-state index is 13.9. The Balaban J connectivity index is 2.85. The molecule has 1 rings (SSSR count). The fraction of sp³-hybridized carbons (Fsp3) is 0.727. The second-order valence-corrected chi connectivity index (χ2v) is 4.05. The van der Waals surface area contributed by atoms with E-state index in [0.29, 0.717) is 18.5 Å². The lowest BCUT2D eigenvalue weighted by molar-refractivity contribution is 0.409. The van der Waals surface area contributed by atoms with Crippen LogP contribution in [0.5, 0.6) is 0 Å². The van der Waals surface area contributed by atoms with E-state index < -0.39 is 12.1 Å². The molecular formula is C11H18FN3. The Morgan fingerprint density at radius 1 is 1.80 bits per heavy atom. The van der Waals surface area contributed by atoms with E-state index in [0.717, 1.165) is 6.42 Å². The van der Waals surface area contributed by atoms with Crippen LogP contribution in [0.15, 0.2) is 11.4 Å². The molecule has 1 saturated heterocycles. The number of hydrogen-bond donors (Lipinski definition) is 2. The largest absolute Gasteiger partial charge is 0.322 e. The molecule has 0 radical (unpaired) electrons. The monoisotopic (exact) mass is 211 g/mol. The van der Waals surface area contributed by atoms with Crippen LogP contribution in [0.2, 0.25) is 0 Å². The summed E-state index contributed by atoms with van der Waals surface area (Å²) in [6.07, 6.45) is 1.43. The molecule has 1 fully saturated rings. The molecule has 0 aromatic carbocycles. The van der Waals surface area contributed by atoms with Gasteiger partial charge < -0.3 is 5.73 Å². The van der Waals surface area contributed by atoms with Crippen molar-refractivity contribution in [2.24, 2.45) is 11.7 Å². The van der Waals surface area contributed by atoms with Crippen LogP contribution in [0.1, 0.15) is 26.7 Å². The first-order chi connectivity index (χ1) is 7.11. The van der Waals surface area contributed by atoms with E-state index in [4.69, 9.17) is 11.0 Å². The van der Waals surface area contributed by atoms with Gasteiger partial charge in [0.05, 0.1) is 12.1 Å². The summed E-state index contributed by atoms with van der Waals surface area (Å²) in [4.78, 5) is 0. The standard InChI is InChI=1S/C11H18FN3/c1-3-7(2)11(14)10(12)8-4-5-15-9(8)6-13/h7,9,11,15H,3-5,14H2,1-2H3/b10-8-. The Morgan fingerprint density at radius 3 is 3.00 bits per heavy atom. The first kappa shape index (κ1) is 12.2. The molecule has 0 aliphatic carbocycles. The molecular weight excluding hydrogens is 193 g/mol. The van der Waals surface area contributed by atoms with Crippen molar-refractivity contribution in [3.05, 3.63) is 11.4 Å². The van der Waals surface area contributed by atoms with E-state index in [1.54, 1.807) is 0 Å². The van der Waals surface area contributed by atoms with Gasteiger partial charge in [0.25, 0.3) is 0 Å². The minimum absolute atomic E-state index is 0.109. The van der Waals surface area contributed by atoms with E-state index >= 15 is 0 Å². The van der Waals surface area contributed by atoms with Crippen LogP contribution in [0.25, 0.3) is 0 Å².